The summed E-state index contributed by atoms with van der Waals surface area (Å²) in [5.74, 6) is 1.39. The molecule has 0 radical (unpaired) electrons. The van der Waals surface area contributed by atoms with E-state index in [1.165, 1.54) is 0 Å². The normalized spacial score (nSPS) is 14.3. The van der Waals surface area contributed by atoms with Gasteiger partial charge in [-0.2, -0.15) is 0 Å². The highest BCUT2D eigenvalue weighted by Gasteiger charge is 2.17. The average molecular weight is 264 g/mol. The fourth-order valence-electron chi connectivity index (χ4n) is 2.06. The smallest absolute Gasteiger partial charge is 0.231 e. The van der Waals surface area contributed by atoms with Gasteiger partial charge in [0.1, 0.15) is 0 Å². The molecule has 0 bridgehead atoms. The lowest BCUT2D eigenvalue weighted by molar-refractivity contribution is -0.124. The number of ether oxygens (including phenoxy) is 2. The van der Waals surface area contributed by atoms with Crippen molar-refractivity contribution in [2.45, 2.75) is 26.8 Å². The molecule has 0 spiro atoms. The van der Waals surface area contributed by atoms with Crippen molar-refractivity contribution >= 4 is 5.91 Å². The molecular weight excluding hydrogens is 244 g/mol. The van der Waals surface area contributed by atoms with Gasteiger partial charge in [-0.15, -0.1) is 0 Å². The summed E-state index contributed by atoms with van der Waals surface area (Å²) >= 11 is 0. The molecule has 5 nitrogen and oxygen atoms in total. The zero-order chi connectivity index (χ0) is 13.8. The SMILES string of the molecule is CCC(CN)C(=O)NCc1cc2c(cc1C)OCO2. The maximum Gasteiger partial charge on any atom is 0.231 e. The highest BCUT2D eigenvalue weighted by Crippen LogP contribution is 2.34. The number of amides is 1. The summed E-state index contributed by atoms with van der Waals surface area (Å²) in [5, 5.41) is 2.92. The van der Waals surface area contributed by atoms with E-state index >= 15 is 0 Å². The summed E-state index contributed by atoms with van der Waals surface area (Å²) in [4.78, 5) is 11.9. The van der Waals surface area contributed by atoms with E-state index in [4.69, 9.17) is 15.2 Å². The number of benzene rings is 1. The molecule has 1 aromatic carbocycles. The van der Waals surface area contributed by atoms with Gasteiger partial charge in [0.05, 0.1) is 0 Å². The molecule has 19 heavy (non-hydrogen) atoms. The molecule has 0 aromatic heterocycles. The average Bonchev–Trinajstić information content (AvgIpc) is 2.84. The third kappa shape index (κ3) is 2.98. The van der Waals surface area contributed by atoms with Crippen LogP contribution >= 0.6 is 0 Å². The minimum Gasteiger partial charge on any atom is -0.454 e. The summed E-state index contributed by atoms with van der Waals surface area (Å²) in [6, 6.07) is 3.85. The highest BCUT2D eigenvalue weighted by molar-refractivity contribution is 5.78. The van der Waals surface area contributed by atoms with E-state index in [0.29, 0.717) is 13.1 Å². The van der Waals surface area contributed by atoms with E-state index < -0.39 is 0 Å². The molecule has 0 fully saturated rings. The van der Waals surface area contributed by atoms with Crippen molar-refractivity contribution in [3.63, 3.8) is 0 Å². The second-order valence-corrected chi connectivity index (χ2v) is 4.69. The van der Waals surface area contributed by atoms with E-state index in [-0.39, 0.29) is 18.6 Å². The molecule has 1 atom stereocenters. The van der Waals surface area contributed by atoms with Gasteiger partial charge in [0.2, 0.25) is 12.7 Å². The van der Waals surface area contributed by atoms with Crippen molar-refractivity contribution in [2.75, 3.05) is 13.3 Å². The van der Waals surface area contributed by atoms with Crippen molar-refractivity contribution < 1.29 is 14.3 Å². The van der Waals surface area contributed by atoms with Crippen molar-refractivity contribution in [1.29, 1.82) is 0 Å². The number of nitrogens with two attached hydrogens (primary N) is 1. The summed E-state index contributed by atoms with van der Waals surface area (Å²) in [7, 11) is 0. The topological polar surface area (TPSA) is 73.6 Å². The number of carbonyl (C=O) groups is 1. The molecule has 3 N–H and O–H groups in total. The van der Waals surface area contributed by atoms with Crippen LogP contribution in [0.2, 0.25) is 0 Å². The third-order valence-corrected chi connectivity index (χ3v) is 3.43. The first kappa shape index (κ1) is 13.7. The quantitative estimate of drug-likeness (QED) is 0.841. The van der Waals surface area contributed by atoms with Crippen LogP contribution in [0.4, 0.5) is 0 Å². The molecule has 0 saturated heterocycles. The second-order valence-electron chi connectivity index (χ2n) is 4.69. The molecule has 1 aromatic rings. The summed E-state index contributed by atoms with van der Waals surface area (Å²) < 4.78 is 10.6. The Kier molecular flexibility index (Phi) is 4.27. The number of aryl methyl sites for hydroxylation is 1. The van der Waals surface area contributed by atoms with Crippen LogP contribution in [-0.2, 0) is 11.3 Å². The largest absolute Gasteiger partial charge is 0.454 e. The zero-order valence-electron chi connectivity index (χ0n) is 11.4. The molecule has 1 unspecified atom stereocenters. The number of hydrogen-bond acceptors (Lipinski definition) is 4. The van der Waals surface area contributed by atoms with Gasteiger partial charge >= 0.3 is 0 Å². The van der Waals surface area contributed by atoms with Gasteiger partial charge in [0.15, 0.2) is 11.5 Å². The molecule has 1 amide bonds. The van der Waals surface area contributed by atoms with Crippen LogP contribution in [0.5, 0.6) is 11.5 Å². The molecule has 104 valence electrons. The summed E-state index contributed by atoms with van der Waals surface area (Å²) in [5.41, 5.74) is 7.67. The van der Waals surface area contributed by atoms with Crippen LogP contribution in [0, 0.1) is 12.8 Å². The van der Waals surface area contributed by atoms with E-state index in [2.05, 4.69) is 5.32 Å². The number of fused-ring (bicyclic) bond motifs is 1. The maximum absolute atomic E-state index is 11.9. The van der Waals surface area contributed by atoms with Gasteiger partial charge in [-0.05, 0) is 36.6 Å². The predicted octanol–water partition coefficient (Wildman–Crippen LogP) is 1.32. The first-order valence-electron chi connectivity index (χ1n) is 6.52. The number of nitrogens with one attached hydrogen (secondary N) is 1. The van der Waals surface area contributed by atoms with Crippen LogP contribution in [0.25, 0.3) is 0 Å². The zero-order valence-corrected chi connectivity index (χ0v) is 11.4. The van der Waals surface area contributed by atoms with Crippen LogP contribution in [0.1, 0.15) is 24.5 Å². The first-order chi connectivity index (χ1) is 9.15. The van der Waals surface area contributed by atoms with E-state index in [1.54, 1.807) is 0 Å². The minimum atomic E-state index is -0.116. The maximum atomic E-state index is 11.9. The fraction of sp³-hybridized carbons (Fsp3) is 0.500. The highest BCUT2D eigenvalue weighted by atomic mass is 16.7. The van der Waals surface area contributed by atoms with Crippen LogP contribution in [0.3, 0.4) is 0 Å². The molecule has 5 heteroatoms. The van der Waals surface area contributed by atoms with Gasteiger partial charge in [0, 0.05) is 19.0 Å². The van der Waals surface area contributed by atoms with Gasteiger partial charge in [0.25, 0.3) is 0 Å². The van der Waals surface area contributed by atoms with E-state index in [9.17, 15) is 4.79 Å². The van der Waals surface area contributed by atoms with Crippen molar-refractivity contribution in [1.82, 2.24) is 5.32 Å². The van der Waals surface area contributed by atoms with Crippen molar-refractivity contribution in [3.8, 4) is 11.5 Å². The second kappa shape index (κ2) is 5.93. The monoisotopic (exact) mass is 264 g/mol. The Balaban J connectivity index is 2.02. The van der Waals surface area contributed by atoms with Gasteiger partial charge in [-0.1, -0.05) is 6.92 Å². The Labute approximate surface area is 113 Å². The minimum absolute atomic E-state index is 0.00191. The molecule has 2 rings (SSSR count). The first-order valence-corrected chi connectivity index (χ1v) is 6.52. The Hall–Kier alpha value is -1.75. The van der Waals surface area contributed by atoms with Gasteiger partial charge < -0.3 is 20.5 Å². The van der Waals surface area contributed by atoms with Gasteiger partial charge in [-0.25, -0.2) is 0 Å². The number of rotatable bonds is 5. The lowest BCUT2D eigenvalue weighted by atomic mass is 10.0. The number of hydrogen-bond donors (Lipinski definition) is 2. The Bertz CT molecular complexity index is 470. The summed E-state index contributed by atoms with van der Waals surface area (Å²) in [6.07, 6.45) is 0.752. The van der Waals surface area contributed by atoms with E-state index in [1.807, 2.05) is 26.0 Å². The molecule has 1 heterocycles. The molecule has 0 saturated carbocycles. The molecular formula is C14H20N2O3. The van der Waals surface area contributed by atoms with Crippen LogP contribution < -0.4 is 20.5 Å². The lowest BCUT2D eigenvalue weighted by Gasteiger charge is -2.14. The van der Waals surface area contributed by atoms with Crippen LogP contribution in [0.15, 0.2) is 12.1 Å². The lowest BCUT2D eigenvalue weighted by Crippen LogP contribution is -2.34. The summed E-state index contributed by atoms with van der Waals surface area (Å²) in [6.45, 7) is 5.07. The molecule has 0 aliphatic carbocycles. The molecule has 1 aliphatic rings. The Morgan fingerprint density at radius 2 is 2.11 bits per heavy atom. The van der Waals surface area contributed by atoms with Crippen molar-refractivity contribution in [3.05, 3.63) is 23.3 Å². The van der Waals surface area contributed by atoms with Crippen LogP contribution in [-0.4, -0.2) is 19.2 Å². The standard InChI is InChI=1S/C14H20N2O3/c1-3-10(6-15)14(17)16-7-11-5-13-12(4-9(11)2)18-8-19-13/h4-5,10H,3,6-8,15H2,1-2H3,(H,16,17). The van der Waals surface area contributed by atoms with E-state index in [0.717, 1.165) is 29.0 Å². The third-order valence-electron chi connectivity index (χ3n) is 3.43. The predicted molar refractivity (Wildman–Crippen MR) is 72.0 cm³/mol. The Morgan fingerprint density at radius 3 is 2.74 bits per heavy atom. The molecule has 1 aliphatic heterocycles. The van der Waals surface area contributed by atoms with Crippen molar-refractivity contribution in [2.24, 2.45) is 11.7 Å². The number of carbonyl (C=O) groups excluding carboxylic acids is 1. The van der Waals surface area contributed by atoms with Gasteiger partial charge in [-0.3, -0.25) is 4.79 Å². The fourth-order valence-corrected chi connectivity index (χ4v) is 2.06. The Morgan fingerprint density at radius 1 is 1.42 bits per heavy atom.